The number of carbonyl (C=O) groups is 2. The van der Waals surface area contributed by atoms with E-state index in [0.29, 0.717) is 0 Å². The number of alkyl carbamates (subject to hydrolysis) is 1. The summed E-state index contributed by atoms with van der Waals surface area (Å²) in [5.41, 5.74) is -2.73. The maximum absolute atomic E-state index is 13.7. The molecule has 0 aromatic heterocycles. The molecular weight excluding hydrogens is 588 g/mol. The number of aliphatic hydroxyl groups excluding tert-OH is 2. The maximum Gasteiger partial charge on any atom is 0.407 e. The topological polar surface area (TPSA) is 208 Å². The van der Waals surface area contributed by atoms with Gasteiger partial charge in [0.05, 0.1) is 53.4 Å². The van der Waals surface area contributed by atoms with Gasteiger partial charge in [0.1, 0.15) is 29.0 Å². The summed E-state index contributed by atoms with van der Waals surface area (Å²) < 4.78 is 22.9. The highest BCUT2D eigenvalue weighted by molar-refractivity contribution is 6.32. The number of phenols is 2. The summed E-state index contributed by atoms with van der Waals surface area (Å²) in [6, 6.07) is 3.83. The third-order valence-corrected chi connectivity index (χ3v) is 8.50. The van der Waals surface area contributed by atoms with Crippen LogP contribution >= 0.6 is 0 Å². The molecule has 5 rings (SSSR count). The number of aliphatic hydroxyl groups is 3. The Hall–Kier alpha value is -3.75. The number of methoxy groups -OCH3 is 1. The molecule has 2 aromatic carbocycles. The minimum absolute atomic E-state index is 0.0361. The average Bonchev–Trinajstić information content (AvgIpc) is 2.94. The fourth-order valence-electron chi connectivity index (χ4n) is 6.48. The largest absolute Gasteiger partial charge is 0.507 e. The van der Waals surface area contributed by atoms with Gasteiger partial charge in [-0.05, 0) is 40.2 Å². The van der Waals surface area contributed by atoms with Crippen molar-refractivity contribution in [1.82, 2.24) is 5.32 Å². The van der Waals surface area contributed by atoms with E-state index in [-0.39, 0.29) is 70.5 Å². The Morgan fingerprint density at radius 2 is 1.89 bits per heavy atom. The van der Waals surface area contributed by atoms with E-state index in [1.165, 1.54) is 13.2 Å². The molecule has 0 unspecified atom stereocenters. The molecule has 13 heteroatoms. The molecule has 6 atom stereocenters. The van der Waals surface area contributed by atoms with E-state index in [9.17, 15) is 35.1 Å². The quantitative estimate of drug-likeness (QED) is 0.197. The van der Waals surface area contributed by atoms with E-state index in [0.717, 1.165) is 0 Å². The monoisotopic (exact) mass is 628 g/mol. The molecule has 2 aliphatic carbocycles. The Morgan fingerprint density at radius 1 is 1.18 bits per heavy atom. The normalized spacial score (nSPS) is 27.7. The third kappa shape index (κ3) is 5.98. The van der Waals surface area contributed by atoms with E-state index in [1.54, 1.807) is 39.8 Å². The fourth-order valence-corrected chi connectivity index (χ4v) is 6.48. The first-order valence-electron chi connectivity index (χ1n) is 14.8. The number of fused-ring (bicyclic) bond motifs is 3. The highest BCUT2D eigenvalue weighted by Gasteiger charge is 2.47. The van der Waals surface area contributed by atoms with Crippen LogP contribution in [-0.2, 0) is 20.6 Å². The van der Waals surface area contributed by atoms with Gasteiger partial charge in [-0.1, -0.05) is 12.1 Å². The lowest BCUT2D eigenvalue weighted by molar-refractivity contribution is -0.250. The lowest BCUT2D eigenvalue weighted by Gasteiger charge is -2.43. The summed E-state index contributed by atoms with van der Waals surface area (Å²) in [6.45, 7) is 6.32. The molecule has 1 saturated heterocycles. The van der Waals surface area contributed by atoms with Gasteiger partial charge in [-0.25, -0.2) is 4.79 Å². The van der Waals surface area contributed by atoms with Crippen molar-refractivity contribution in [2.75, 3.05) is 13.7 Å². The van der Waals surface area contributed by atoms with Crippen molar-refractivity contribution < 1.29 is 54.1 Å². The standard InChI is InChI=1S/C32H40N2O11/c1-14-26(36)17(34-30(40)45-31(2,3)4)11-20(43-14)44-19-13-32(41,9-10-35)12-16-22(19)29(39)23-24(28(16)38)27(37)15-7-6-8-18(42-5)21(15)25(23)33/h6-8,14,17,19-20,26,33,35-36,38-39,41H,9-13H2,1-5H3,(H,34,40)/t14-,17-,19-,20-,26+,32-/m0/s1. The number of carbonyl (C=O) groups excluding carboxylic acids is 2. The number of benzene rings is 2. The zero-order valence-corrected chi connectivity index (χ0v) is 25.8. The number of aromatic hydroxyl groups is 2. The second-order valence-electron chi connectivity index (χ2n) is 12.9. The van der Waals surface area contributed by atoms with Crippen LogP contribution in [0, 0.1) is 5.41 Å². The van der Waals surface area contributed by atoms with Crippen molar-refractivity contribution in [3.8, 4) is 17.2 Å². The molecule has 0 bridgehead atoms. The Morgan fingerprint density at radius 3 is 2.53 bits per heavy atom. The van der Waals surface area contributed by atoms with Gasteiger partial charge >= 0.3 is 6.09 Å². The fraction of sp³-hybridized carbons (Fsp3) is 0.531. The molecule has 13 nitrogen and oxygen atoms in total. The zero-order valence-electron chi connectivity index (χ0n) is 25.8. The Balaban J connectivity index is 1.55. The van der Waals surface area contributed by atoms with Crippen LogP contribution < -0.4 is 10.1 Å². The summed E-state index contributed by atoms with van der Waals surface area (Å²) in [6.07, 6.45) is -5.37. The van der Waals surface area contributed by atoms with Crippen LogP contribution in [0.2, 0.25) is 0 Å². The van der Waals surface area contributed by atoms with Gasteiger partial charge in [0, 0.05) is 42.6 Å². The van der Waals surface area contributed by atoms with Crippen LogP contribution in [0.15, 0.2) is 18.2 Å². The lowest BCUT2D eigenvalue weighted by Crippen LogP contribution is -2.56. The molecule has 45 heavy (non-hydrogen) atoms. The van der Waals surface area contributed by atoms with Gasteiger partial charge in [-0.15, -0.1) is 0 Å². The maximum atomic E-state index is 13.7. The Kier molecular flexibility index (Phi) is 8.62. The lowest BCUT2D eigenvalue weighted by atomic mass is 9.72. The molecule has 1 aliphatic heterocycles. The number of ether oxygens (including phenoxy) is 4. The van der Waals surface area contributed by atoms with Crippen molar-refractivity contribution >= 4 is 17.6 Å². The van der Waals surface area contributed by atoms with Gasteiger partial charge < -0.3 is 49.8 Å². The first-order chi connectivity index (χ1) is 21.1. The third-order valence-electron chi connectivity index (χ3n) is 8.50. The van der Waals surface area contributed by atoms with E-state index in [1.807, 2.05) is 0 Å². The second-order valence-corrected chi connectivity index (χ2v) is 12.9. The summed E-state index contributed by atoms with van der Waals surface area (Å²) in [7, 11) is 1.39. The number of phenolic OH excluding ortho intramolecular Hbond substituents is 2. The summed E-state index contributed by atoms with van der Waals surface area (Å²) in [4.78, 5) is 26.2. The summed E-state index contributed by atoms with van der Waals surface area (Å²) >= 11 is 0. The summed E-state index contributed by atoms with van der Waals surface area (Å²) in [5.74, 6) is -1.38. The molecule has 1 amide bonds. The minimum Gasteiger partial charge on any atom is -0.507 e. The van der Waals surface area contributed by atoms with Crippen molar-refractivity contribution in [1.29, 1.82) is 5.41 Å². The molecule has 0 radical (unpaired) electrons. The highest BCUT2D eigenvalue weighted by Crippen LogP contribution is 2.52. The van der Waals surface area contributed by atoms with Crippen LogP contribution in [-0.4, -0.2) is 92.6 Å². The van der Waals surface area contributed by atoms with E-state index in [4.69, 9.17) is 24.4 Å². The van der Waals surface area contributed by atoms with E-state index in [2.05, 4.69) is 5.32 Å². The van der Waals surface area contributed by atoms with Crippen molar-refractivity contribution in [3.63, 3.8) is 0 Å². The van der Waals surface area contributed by atoms with Crippen LogP contribution in [0.3, 0.4) is 0 Å². The first kappa shape index (κ1) is 32.6. The second kappa shape index (κ2) is 11.9. The van der Waals surface area contributed by atoms with Crippen molar-refractivity contribution in [3.05, 3.63) is 51.6 Å². The minimum atomic E-state index is -1.61. The molecular formula is C32H40N2O11. The number of ketones is 1. The smallest absolute Gasteiger partial charge is 0.407 e. The molecule has 7 N–H and O–H groups in total. The van der Waals surface area contributed by atoms with Crippen LogP contribution in [0.25, 0.3) is 0 Å². The number of nitrogens with one attached hydrogen (secondary N) is 2. The zero-order chi connectivity index (χ0) is 33.0. The molecule has 244 valence electrons. The van der Waals surface area contributed by atoms with E-state index >= 15 is 0 Å². The van der Waals surface area contributed by atoms with Gasteiger partial charge in [-0.3, -0.25) is 10.2 Å². The summed E-state index contributed by atoms with van der Waals surface area (Å²) in [5, 5.41) is 67.0. The predicted octanol–water partition coefficient (Wildman–Crippen LogP) is 2.57. The van der Waals surface area contributed by atoms with Gasteiger partial charge in [0.15, 0.2) is 12.1 Å². The van der Waals surface area contributed by atoms with Gasteiger partial charge in [0.25, 0.3) is 0 Å². The van der Waals surface area contributed by atoms with Crippen molar-refractivity contribution in [2.24, 2.45) is 0 Å². The van der Waals surface area contributed by atoms with Gasteiger partial charge in [-0.2, -0.15) is 0 Å². The highest BCUT2D eigenvalue weighted by atomic mass is 16.7. The van der Waals surface area contributed by atoms with Gasteiger partial charge in [0.2, 0.25) is 0 Å². The average molecular weight is 629 g/mol. The van der Waals surface area contributed by atoms with Crippen LogP contribution in [0.5, 0.6) is 17.2 Å². The van der Waals surface area contributed by atoms with Crippen molar-refractivity contribution in [2.45, 2.75) is 95.2 Å². The number of hydrogen-bond acceptors (Lipinski definition) is 12. The number of amides is 1. The Bertz CT molecular complexity index is 1530. The molecule has 2 aromatic rings. The van der Waals surface area contributed by atoms with E-state index < -0.39 is 71.8 Å². The molecule has 1 fully saturated rings. The van der Waals surface area contributed by atoms with Crippen LogP contribution in [0.4, 0.5) is 4.79 Å². The number of rotatable bonds is 6. The predicted molar refractivity (Wildman–Crippen MR) is 159 cm³/mol. The first-order valence-corrected chi connectivity index (χ1v) is 14.8. The van der Waals surface area contributed by atoms with Crippen LogP contribution in [0.1, 0.15) is 91.2 Å². The molecule has 1 heterocycles. The molecule has 3 aliphatic rings. The Labute approximate surface area is 260 Å². The number of hydrogen-bond donors (Lipinski definition) is 7. The molecule has 0 saturated carbocycles. The molecule has 0 spiro atoms. The SMILES string of the molecule is COc1cccc2c1C(=N)c1c(O)c3c(c(O)c1C2=O)C[C@@](O)(CCO)C[C@@H]3O[C@H]1C[C@H](NC(=O)OC(C)(C)C)[C@H](O)[C@H](C)O1.